The van der Waals surface area contributed by atoms with Gasteiger partial charge in [0.25, 0.3) is 5.56 Å². The molecule has 1 N–H and O–H groups in total. The van der Waals surface area contributed by atoms with E-state index in [2.05, 4.69) is 10.3 Å². The first kappa shape index (κ1) is 13.6. The van der Waals surface area contributed by atoms with E-state index in [0.29, 0.717) is 12.2 Å². The maximum absolute atomic E-state index is 12.1. The van der Waals surface area contributed by atoms with Crippen LogP contribution in [0.5, 0.6) is 5.75 Å². The Hall–Kier alpha value is -2.34. The standard InChI is InChI=1S/C15H15N3O2S/c1-10-9-21-15-17-11(7-14(19)18(10)15)8-16-12-5-3-4-6-13(12)20-2/h3-7,9,16H,8H2,1-2H3. The highest BCUT2D eigenvalue weighted by Crippen LogP contribution is 2.23. The molecule has 0 radical (unpaired) electrons. The van der Waals surface area contributed by atoms with Crippen molar-refractivity contribution in [2.24, 2.45) is 0 Å². The van der Waals surface area contributed by atoms with Crippen LogP contribution in [0, 0.1) is 6.92 Å². The Labute approximate surface area is 125 Å². The SMILES string of the molecule is COc1ccccc1NCc1cc(=O)n2c(C)csc2n1. The van der Waals surface area contributed by atoms with Crippen LogP contribution in [-0.2, 0) is 6.54 Å². The van der Waals surface area contributed by atoms with Gasteiger partial charge in [-0.15, -0.1) is 11.3 Å². The number of ether oxygens (including phenoxy) is 1. The van der Waals surface area contributed by atoms with Crippen molar-refractivity contribution in [3.8, 4) is 5.75 Å². The first-order chi connectivity index (χ1) is 10.2. The number of hydrogen-bond acceptors (Lipinski definition) is 5. The van der Waals surface area contributed by atoms with Crippen molar-refractivity contribution in [3.05, 3.63) is 57.5 Å². The minimum absolute atomic E-state index is 0.0458. The largest absolute Gasteiger partial charge is 0.495 e. The average molecular weight is 301 g/mol. The van der Waals surface area contributed by atoms with Gasteiger partial charge in [0.2, 0.25) is 0 Å². The summed E-state index contributed by atoms with van der Waals surface area (Å²) in [7, 11) is 1.63. The Bertz CT molecular complexity index is 838. The number of nitrogens with zero attached hydrogens (tertiary/aromatic N) is 2. The molecule has 0 aliphatic carbocycles. The number of fused-ring (bicyclic) bond motifs is 1. The van der Waals surface area contributed by atoms with E-state index in [1.54, 1.807) is 17.6 Å². The van der Waals surface area contributed by atoms with Gasteiger partial charge < -0.3 is 10.1 Å². The topological polar surface area (TPSA) is 55.6 Å². The van der Waals surface area contributed by atoms with Gasteiger partial charge in [-0.2, -0.15) is 0 Å². The minimum atomic E-state index is -0.0458. The van der Waals surface area contributed by atoms with E-state index in [1.807, 2.05) is 36.6 Å². The van der Waals surface area contributed by atoms with E-state index >= 15 is 0 Å². The van der Waals surface area contributed by atoms with Crippen LogP contribution in [-0.4, -0.2) is 16.5 Å². The molecular formula is C15H15N3O2S. The Morgan fingerprint density at radius 2 is 2.19 bits per heavy atom. The maximum Gasteiger partial charge on any atom is 0.259 e. The normalized spacial score (nSPS) is 10.8. The van der Waals surface area contributed by atoms with Crippen LogP contribution < -0.4 is 15.6 Å². The lowest BCUT2D eigenvalue weighted by Crippen LogP contribution is -2.16. The Balaban J connectivity index is 1.87. The highest BCUT2D eigenvalue weighted by molar-refractivity contribution is 7.15. The van der Waals surface area contributed by atoms with Gasteiger partial charge in [0.1, 0.15) is 5.75 Å². The van der Waals surface area contributed by atoms with Crippen LogP contribution in [0.25, 0.3) is 4.96 Å². The Morgan fingerprint density at radius 1 is 1.38 bits per heavy atom. The summed E-state index contributed by atoms with van der Waals surface area (Å²) in [6.45, 7) is 2.38. The van der Waals surface area contributed by atoms with E-state index in [0.717, 1.165) is 22.1 Å². The quantitative estimate of drug-likeness (QED) is 0.805. The summed E-state index contributed by atoms with van der Waals surface area (Å²) < 4.78 is 6.91. The van der Waals surface area contributed by atoms with Crippen molar-refractivity contribution >= 4 is 22.0 Å². The summed E-state index contributed by atoms with van der Waals surface area (Å²) in [6, 6.07) is 9.22. The van der Waals surface area contributed by atoms with Crippen LogP contribution in [0.2, 0.25) is 0 Å². The molecule has 0 aliphatic rings. The number of benzene rings is 1. The molecule has 0 atom stereocenters. The zero-order valence-corrected chi connectivity index (χ0v) is 12.6. The third-order valence-corrected chi connectivity index (χ3v) is 4.14. The van der Waals surface area contributed by atoms with E-state index < -0.39 is 0 Å². The lowest BCUT2D eigenvalue weighted by atomic mass is 10.3. The number of thiazole rings is 1. The molecule has 3 rings (SSSR count). The predicted molar refractivity (Wildman–Crippen MR) is 84.4 cm³/mol. The maximum atomic E-state index is 12.1. The number of methoxy groups -OCH3 is 1. The van der Waals surface area contributed by atoms with Gasteiger partial charge in [-0.05, 0) is 19.1 Å². The molecule has 2 aromatic heterocycles. The average Bonchev–Trinajstić information content (AvgIpc) is 2.87. The van der Waals surface area contributed by atoms with Gasteiger partial charge >= 0.3 is 0 Å². The van der Waals surface area contributed by atoms with Gasteiger partial charge in [0, 0.05) is 17.1 Å². The highest BCUT2D eigenvalue weighted by Gasteiger charge is 2.07. The summed E-state index contributed by atoms with van der Waals surface area (Å²) in [5.74, 6) is 0.766. The zero-order valence-electron chi connectivity index (χ0n) is 11.8. The van der Waals surface area contributed by atoms with E-state index in [-0.39, 0.29) is 5.56 Å². The van der Waals surface area contributed by atoms with Crippen molar-refractivity contribution in [3.63, 3.8) is 0 Å². The molecule has 0 aliphatic heterocycles. The van der Waals surface area contributed by atoms with Crippen LogP contribution in [0.1, 0.15) is 11.4 Å². The number of rotatable bonds is 4. The lowest BCUT2D eigenvalue weighted by molar-refractivity contribution is 0.416. The van der Waals surface area contributed by atoms with E-state index in [9.17, 15) is 4.79 Å². The molecule has 5 nitrogen and oxygen atoms in total. The van der Waals surface area contributed by atoms with Gasteiger partial charge in [-0.25, -0.2) is 4.98 Å². The molecule has 0 saturated heterocycles. The van der Waals surface area contributed by atoms with E-state index in [4.69, 9.17) is 4.74 Å². The van der Waals surface area contributed by atoms with Crippen molar-refractivity contribution in [2.45, 2.75) is 13.5 Å². The molecule has 0 unspecified atom stereocenters. The molecule has 6 heteroatoms. The first-order valence-corrected chi connectivity index (χ1v) is 7.40. The summed E-state index contributed by atoms with van der Waals surface area (Å²) in [5, 5.41) is 5.18. The summed E-state index contributed by atoms with van der Waals surface area (Å²) in [5.41, 5.74) is 2.46. The fraction of sp³-hybridized carbons (Fsp3) is 0.200. The molecular weight excluding hydrogens is 286 g/mol. The zero-order chi connectivity index (χ0) is 14.8. The number of hydrogen-bond donors (Lipinski definition) is 1. The van der Waals surface area contributed by atoms with Crippen LogP contribution in [0.3, 0.4) is 0 Å². The first-order valence-electron chi connectivity index (χ1n) is 6.52. The van der Waals surface area contributed by atoms with Gasteiger partial charge in [0.15, 0.2) is 4.96 Å². The predicted octanol–water partition coefficient (Wildman–Crippen LogP) is 2.69. The molecule has 0 saturated carbocycles. The summed E-state index contributed by atoms with van der Waals surface area (Å²) in [4.78, 5) is 17.3. The smallest absolute Gasteiger partial charge is 0.259 e. The van der Waals surface area contributed by atoms with Gasteiger partial charge in [0.05, 0.1) is 25.0 Å². The van der Waals surface area contributed by atoms with Crippen LogP contribution in [0.4, 0.5) is 5.69 Å². The van der Waals surface area contributed by atoms with Crippen molar-refractivity contribution in [1.29, 1.82) is 0 Å². The third-order valence-electron chi connectivity index (χ3n) is 3.20. The van der Waals surface area contributed by atoms with E-state index in [1.165, 1.54) is 11.3 Å². The number of anilines is 1. The summed E-state index contributed by atoms with van der Waals surface area (Å²) in [6.07, 6.45) is 0. The Kier molecular flexibility index (Phi) is 3.62. The minimum Gasteiger partial charge on any atom is -0.495 e. The fourth-order valence-corrected chi connectivity index (χ4v) is 3.06. The van der Waals surface area contributed by atoms with Gasteiger partial charge in [-0.1, -0.05) is 12.1 Å². The van der Waals surface area contributed by atoms with Crippen LogP contribution >= 0.6 is 11.3 Å². The highest BCUT2D eigenvalue weighted by atomic mass is 32.1. The molecule has 21 heavy (non-hydrogen) atoms. The number of aryl methyl sites for hydroxylation is 1. The van der Waals surface area contributed by atoms with Gasteiger partial charge in [-0.3, -0.25) is 9.20 Å². The fourth-order valence-electron chi connectivity index (χ4n) is 2.17. The second-order valence-corrected chi connectivity index (χ2v) is 5.47. The van der Waals surface area contributed by atoms with Crippen molar-refractivity contribution in [1.82, 2.24) is 9.38 Å². The second-order valence-electron chi connectivity index (χ2n) is 4.63. The lowest BCUT2D eigenvalue weighted by Gasteiger charge is -2.10. The molecule has 108 valence electrons. The molecule has 0 spiro atoms. The Morgan fingerprint density at radius 3 is 3.00 bits per heavy atom. The van der Waals surface area contributed by atoms with Crippen LogP contribution in [0.15, 0.2) is 40.5 Å². The second kappa shape index (κ2) is 5.57. The monoisotopic (exact) mass is 301 g/mol. The number of aromatic nitrogens is 2. The molecule has 0 fully saturated rings. The molecule has 3 aromatic rings. The molecule has 2 heterocycles. The van der Waals surface area contributed by atoms with Crippen molar-refractivity contribution < 1.29 is 4.74 Å². The summed E-state index contributed by atoms with van der Waals surface area (Å²) >= 11 is 1.47. The third kappa shape index (κ3) is 2.62. The number of para-hydroxylation sites is 2. The molecule has 0 bridgehead atoms. The molecule has 1 aromatic carbocycles. The number of nitrogens with one attached hydrogen (secondary N) is 1. The van der Waals surface area contributed by atoms with Crippen molar-refractivity contribution in [2.75, 3.05) is 12.4 Å². The molecule has 0 amide bonds.